The van der Waals surface area contributed by atoms with E-state index in [9.17, 15) is 9.59 Å². The highest BCUT2D eigenvalue weighted by Gasteiger charge is 2.20. The Hall–Kier alpha value is -4.53. The van der Waals surface area contributed by atoms with Crippen molar-refractivity contribution in [2.24, 2.45) is 0 Å². The highest BCUT2D eigenvalue weighted by atomic mass is 16.5. The molecule has 1 amide bonds. The Labute approximate surface area is 194 Å². The van der Waals surface area contributed by atoms with Crippen LogP contribution in [-0.4, -0.2) is 42.8 Å². The number of carbonyl (C=O) groups is 2. The number of aryl methyl sites for hydroxylation is 1. The topological polar surface area (TPSA) is 104 Å². The van der Waals surface area contributed by atoms with Gasteiger partial charge in [-0.2, -0.15) is 0 Å². The Balaban J connectivity index is 1.29. The van der Waals surface area contributed by atoms with Gasteiger partial charge in [0.1, 0.15) is 6.33 Å². The Bertz CT molecular complexity index is 1490. The molecule has 0 fully saturated rings. The van der Waals surface area contributed by atoms with E-state index in [1.165, 1.54) is 11.0 Å². The maximum Gasteiger partial charge on any atom is 0.338 e. The molecule has 170 valence electrons. The van der Waals surface area contributed by atoms with Gasteiger partial charge >= 0.3 is 5.97 Å². The van der Waals surface area contributed by atoms with Gasteiger partial charge in [0, 0.05) is 34.0 Å². The number of tetrazole rings is 1. The third kappa shape index (κ3) is 3.88. The maximum absolute atomic E-state index is 12.7. The van der Waals surface area contributed by atoms with Crippen LogP contribution in [0, 0.1) is 0 Å². The number of hydrogen-bond donors (Lipinski definition) is 1. The summed E-state index contributed by atoms with van der Waals surface area (Å²) in [5.74, 6) is -0.996. The van der Waals surface area contributed by atoms with Crippen LogP contribution in [0.4, 0.5) is 5.69 Å². The Morgan fingerprint density at radius 2 is 1.76 bits per heavy atom. The fourth-order valence-corrected chi connectivity index (χ4v) is 4.03. The van der Waals surface area contributed by atoms with Crippen LogP contribution >= 0.6 is 0 Å². The fraction of sp³-hybridized carbons (Fsp3) is 0.160. The number of anilines is 1. The van der Waals surface area contributed by atoms with Crippen molar-refractivity contribution in [3.8, 4) is 5.69 Å². The number of rotatable bonds is 6. The highest BCUT2D eigenvalue weighted by Crippen LogP contribution is 2.31. The number of ether oxygens (including phenoxy) is 1. The molecule has 0 bridgehead atoms. The standard InChI is InChI=1S/C25H22N6O3/c1-3-30-22-7-5-4-6-20(22)21-14-18(10-13-23(21)30)27-24(32)16(2)34-25(33)17-8-11-19(12-9-17)31-15-26-28-29-31/h4-16H,3H2,1-2H3,(H,27,32). The van der Waals surface area contributed by atoms with Crippen LogP contribution in [0.15, 0.2) is 73.1 Å². The number of esters is 1. The van der Waals surface area contributed by atoms with Crippen LogP contribution < -0.4 is 5.32 Å². The van der Waals surface area contributed by atoms with Crippen LogP contribution in [0.3, 0.4) is 0 Å². The molecule has 9 nitrogen and oxygen atoms in total. The molecular formula is C25H22N6O3. The lowest BCUT2D eigenvalue weighted by atomic mass is 10.1. The molecule has 3 aromatic carbocycles. The first kappa shape index (κ1) is 21.3. The van der Waals surface area contributed by atoms with E-state index in [4.69, 9.17) is 4.74 Å². The zero-order chi connectivity index (χ0) is 23.7. The number of para-hydroxylation sites is 1. The van der Waals surface area contributed by atoms with E-state index in [0.717, 1.165) is 28.4 Å². The molecule has 5 aromatic rings. The average Bonchev–Trinajstić information content (AvgIpc) is 3.50. The first-order valence-electron chi connectivity index (χ1n) is 10.9. The Morgan fingerprint density at radius 1 is 1.00 bits per heavy atom. The van der Waals surface area contributed by atoms with Gasteiger partial charge in [-0.15, -0.1) is 5.10 Å². The van der Waals surface area contributed by atoms with Gasteiger partial charge in [0.2, 0.25) is 0 Å². The largest absolute Gasteiger partial charge is 0.449 e. The lowest BCUT2D eigenvalue weighted by Gasteiger charge is -2.14. The van der Waals surface area contributed by atoms with Crippen molar-refractivity contribution < 1.29 is 14.3 Å². The normalized spacial score (nSPS) is 12.1. The quantitative estimate of drug-likeness (QED) is 0.389. The van der Waals surface area contributed by atoms with E-state index in [0.29, 0.717) is 16.9 Å². The van der Waals surface area contributed by atoms with Crippen LogP contribution in [0.25, 0.3) is 27.5 Å². The summed E-state index contributed by atoms with van der Waals surface area (Å²) in [5, 5.41) is 16.0. The molecule has 1 atom stereocenters. The highest BCUT2D eigenvalue weighted by molar-refractivity contribution is 6.10. The maximum atomic E-state index is 12.7. The van der Waals surface area contributed by atoms with Crippen LogP contribution in [0.5, 0.6) is 0 Å². The molecule has 0 aliphatic heterocycles. The Kier molecular flexibility index (Phi) is 5.51. The molecule has 0 radical (unpaired) electrons. The number of nitrogens with one attached hydrogen (secondary N) is 1. The predicted octanol–water partition coefficient (Wildman–Crippen LogP) is 3.97. The number of amides is 1. The third-order valence-electron chi connectivity index (χ3n) is 5.73. The summed E-state index contributed by atoms with van der Waals surface area (Å²) >= 11 is 0. The van der Waals surface area contributed by atoms with Gasteiger partial charge in [0.25, 0.3) is 5.91 Å². The molecule has 1 N–H and O–H groups in total. The van der Waals surface area contributed by atoms with Gasteiger partial charge in [0.15, 0.2) is 6.10 Å². The van der Waals surface area contributed by atoms with Crippen molar-refractivity contribution in [2.75, 3.05) is 5.32 Å². The minimum atomic E-state index is -0.973. The summed E-state index contributed by atoms with van der Waals surface area (Å²) in [6.45, 7) is 4.50. The summed E-state index contributed by atoms with van der Waals surface area (Å²) in [4.78, 5) is 25.2. The summed E-state index contributed by atoms with van der Waals surface area (Å²) < 4.78 is 9.09. The molecule has 0 aliphatic rings. The summed E-state index contributed by atoms with van der Waals surface area (Å²) in [5.41, 5.74) is 3.92. The van der Waals surface area contributed by atoms with Crippen molar-refractivity contribution in [3.05, 3.63) is 78.6 Å². The van der Waals surface area contributed by atoms with E-state index in [2.05, 4.69) is 44.5 Å². The molecule has 5 rings (SSSR count). The zero-order valence-corrected chi connectivity index (χ0v) is 18.7. The van der Waals surface area contributed by atoms with Gasteiger partial charge in [-0.05, 0) is 72.8 Å². The van der Waals surface area contributed by atoms with Gasteiger partial charge in [-0.1, -0.05) is 18.2 Å². The fourth-order valence-electron chi connectivity index (χ4n) is 4.03. The van der Waals surface area contributed by atoms with E-state index in [-0.39, 0.29) is 0 Å². The monoisotopic (exact) mass is 454 g/mol. The molecule has 0 aliphatic carbocycles. The Morgan fingerprint density at radius 3 is 2.50 bits per heavy atom. The van der Waals surface area contributed by atoms with E-state index >= 15 is 0 Å². The van der Waals surface area contributed by atoms with Gasteiger partial charge in [0.05, 0.1) is 11.3 Å². The average molecular weight is 454 g/mol. The first-order valence-corrected chi connectivity index (χ1v) is 10.9. The molecule has 1 unspecified atom stereocenters. The smallest absolute Gasteiger partial charge is 0.338 e. The van der Waals surface area contributed by atoms with E-state index in [1.807, 2.05) is 30.3 Å². The molecule has 2 heterocycles. The molecule has 0 saturated carbocycles. The molecule has 34 heavy (non-hydrogen) atoms. The van der Waals surface area contributed by atoms with Crippen LogP contribution in [0.2, 0.25) is 0 Å². The second kappa shape index (κ2) is 8.78. The third-order valence-corrected chi connectivity index (χ3v) is 5.73. The van der Waals surface area contributed by atoms with Crippen molar-refractivity contribution in [1.82, 2.24) is 24.8 Å². The molecule has 0 spiro atoms. The summed E-state index contributed by atoms with van der Waals surface area (Å²) in [6.07, 6.45) is 0.483. The lowest BCUT2D eigenvalue weighted by Crippen LogP contribution is -2.30. The number of carbonyl (C=O) groups excluding carboxylic acids is 2. The number of fused-ring (bicyclic) bond motifs is 3. The van der Waals surface area contributed by atoms with Gasteiger partial charge in [-0.3, -0.25) is 4.79 Å². The van der Waals surface area contributed by atoms with Crippen molar-refractivity contribution in [2.45, 2.75) is 26.5 Å². The molecular weight excluding hydrogens is 432 g/mol. The van der Waals surface area contributed by atoms with Crippen molar-refractivity contribution in [1.29, 1.82) is 0 Å². The summed E-state index contributed by atoms with van der Waals surface area (Å²) in [7, 11) is 0. The molecule has 0 saturated heterocycles. The number of aromatic nitrogens is 5. The van der Waals surface area contributed by atoms with Crippen molar-refractivity contribution >= 4 is 39.4 Å². The van der Waals surface area contributed by atoms with Crippen molar-refractivity contribution in [3.63, 3.8) is 0 Å². The molecule has 9 heteroatoms. The van der Waals surface area contributed by atoms with Gasteiger partial charge in [-0.25, -0.2) is 9.48 Å². The van der Waals surface area contributed by atoms with E-state index < -0.39 is 18.0 Å². The number of nitrogens with zero attached hydrogens (tertiary/aromatic N) is 5. The van der Waals surface area contributed by atoms with Gasteiger partial charge < -0.3 is 14.6 Å². The lowest BCUT2D eigenvalue weighted by molar-refractivity contribution is -0.123. The SMILES string of the molecule is CCn1c2ccccc2c2cc(NC(=O)C(C)OC(=O)c3ccc(-n4cnnn4)cc3)ccc21. The summed E-state index contributed by atoms with van der Waals surface area (Å²) in [6, 6.07) is 20.6. The minimum Gasteiger partial charge on any atom is -0.449 e. The zero-order valence-electron chi connectivity index (χ0n) is 18.7. The first-order chi connectivity index (χ1) is 16.5. The van der Waals surface area contributed by atoms with E-state index in [1.54, 1.807) is 31.2 Å². The second-order valence-electron chi connectivity index (χ2n) is 7.83. The van der Waals surface area contributed by atoms with Crippen LogP contribution in [0.1, 0.15) is 24.2 Å². The predicted molar refractivity (Wildman–Crippen MR) is 128 cm³/mol. The van der Waals surface area contributed by atoms with Crippen LogP contribution in [-0.2, 0) is 16.1 Å². The second-order valence-corrected chi connectivity index (χ2v) is 7.83. The molecule has 2 aromatic heterocycles. The number of benzene rings is 3. The minimum absolute atomic E-state index is 0.324. The number of hydrogen-bond acceptors (Lipinski definition) is 6.